The van der Waals surface area contributed by atoms with E-state index < -0.39 is 0 Å². The molecule has 18 heavy (non-hydrogen) atoms. The molecular formula is C14H10ClN3. The maximum absolute atomic E-state index is 6.12. The van der Waals surface area contributed by atoms with E-state index in [4.69, 9.17) is 17.3 Å². The maximum Gasteiger partial charge on any atom is 0.0954 e. The van der Waals surface area contributed by atoms with Crippen molar-refractivity contribution in [3.05, 3.63) is 53.7 Å². The number of pyridine rings is 2. The SMILES string of the molecule is Nc1ccc(Cl)c2ccc(-c3ccccn3)nc12. The molecule has 1 aromatic carbocycles. The summed E-state index contributed by atoms with van der Waals surface area (Å²) < 4.78 is 0. The van der Waals surface area contributed by atoms with Crippen molar-refractivity contribution in [3.63, 3.8) is 0 Å². The van der Waals surface area contributed by atoms with Gasteiger partial charge in [0.1, 0.15) is 0 Å². The summed E-state index contributed by atoms with van der Waals surface area (Å²) in [6.45, 7) is 0. The molecule has 0 aliphatic carbocycles. The number of nitrogens with two attached hydrogens (primary N) is 1. The van der Waals surface area contributed by atoms with Crippen molar-refractivity contribution in [2.75, 3.05) is 5.73 Å². The lowest BCUT2D eigenvalue weighted by molar-refractivity contribution is 1.28. The highest BCUT2D eigenvalue weighted by Gasteiger charge is 2.07. The Kier molecular flexibility index (Phi) is 2.61. The van der Waals surface area contributed by atoms with Crippen LogP contribution in [-0.2, 0) is 0 Å². The first kappa shape index (κ1) is 11.0. The van der Waals surface area contributed by atoms with Crippen LogP contribution in [0.25, 0.3) is 22.3 Å². The molecule has 0 aliphatic heterocycles. The van der Waals surface area contributed by atoms with Crippen molar-refractivity contribution < 1.29 is 0 Å². The van der Waals surface area contributed by atoms with Crippen LogP contribution < -0.4 is 5.73 Å². The maximum atomic E-state index is 6.12. The van der Waals surface area contributed by atoms with Crippen molar-refractivity contribution in [1.29, 1.82) is 0 Å². The van der Waals surface area contributed by atoms with Crippen molar-refractivity contribution in [2.45, 2.75) is 0 Å². The molecule has 0 radical (unpaired) electrons. The van der Waals surface area contributed by atoms with Crippen LogP contribution in [0.5, 0.6) is 0 Å². The molecule has 0 spiro atoms. The zero-order chi connectivity index (χ0) is 12.5. The summed E-state index contributed by atoms with van der Waals surface area (Å²) in [5.74, 6) is 0. The number of hydrogen-bond donors (Lipinski definition) is 1. The van der Waals surface area contributed by atoms with Gasteiger partial charge in [-0.15, -0.1) is 0 Å². The van der Waals surface area contributed by atoms with Crippen LogP contribution >= 0.6 is 11.6 Å². The minimum absolute atomic E-state index is 0.618. The molecular weight excluding hydrogens is 246 g/mol. The summed E-state index contributed by atoms with van der Waals surface area (Å²) in [7, 11) is 0. The predicted octanol–water partition coefficient (Wildman–Crippen LogP) is 3.53. The van der Waals surface area contributed by atoms with Gasteiger partial charge in [0.25, 0.3) is 0 Å². The van der Waals surface area contributed by atoms with Crippen LogP contribution in [0.2, 0.25) is 5.02 Å². The number of anilines is 1. The molecule has 3 nitrogen and oxygen atoms in total. The van der Waals surface area contributed by atoms with Gasteiger partial charge in [0, 0.05) is 11.6 Å². The molecule has 3 rings (SSSR count). The summed E-state index contributed by atoms with van der Waals surface area (Å²) in [5.41, 5.74) is 8.87. The normalized spacial score (nSPS) is 10.7. The van der Waals surface area contributed by atoms with E-state index in [0.717, 1.165) is 16.8 Å². The van der Waals surface area contributed by atoms with Gasteiger partial charge in [-0.25, -0.2) is 4.98 Å². The van der Waals surface area contributed by atoms with Crippen molar-refractivity contribution in [2.24, 2.45) is 0 Å². The molecule has 0 saturated heterocycles. The van der Waals surface area contributed by atoms with Gasteiger partial charge in [0.2, 0.25) is 0 Å². The first-order valence-electron chi connectivity index (χ1n) is 5.52. The summed E-state index contributed by atoms with van der Waals surface area (Å²) >= 11 is 6.12. The zero-order valence-corrected chi connectivity index (χ0v) is 10.2. The number of halogens is 1. The van der Waals surface area contributed by atoms with Gasteiger partial charge in [0.05, 0.1) is 27.6 Å². The van der Waals surface area contributed by atoms with Gasteiger partial charge in [-0.05, 0) is 36.4 Å². The highest BCUT2D eigenvalue weighted by Crippen LogP contribution is 2.28. The third-order valence-electron chi connectivity index (χ3n) is 2.76. The summed E-state index contributed by atoms with van der Waals surface area (Å²) in [4.78, 5) is 8.81. The third kappa shape index (κ3) is 1.79. The van der Waals surface area contributed by atoms with Crippen LogP contribution in [-0.4, -0.2) is 9.97 Å². The Morgan fingerprint density at radius 1 is 0.944 bits per heavy atom. The fourth-order valence-corrected chi connectivity index (χ4v) is 2.08. The fraction of sp³-hybridized carbons (Fsp3) is 0. The van der Waals surface area contributed by atoms with Gasteiger partial charge < -0.3 is 5.73 Å². The smallest absolute Gasteiger partial charge is 0.0954 e. The lowest BCUT2D eigenvalue weighted by Gasteiger charge is -2.06. The van der Waals surface area contributed by atoms with Crippen molar-refractivity contribution >= 4 is 28.2 Å². The van der Waals surface area contributed by atoms with E-state index in [0.29, 0.717) is 16.2 Å². The number of benzene rings is 1. The Hall–Kier alpha value is -2.13. The Morgan fingerprint density at radius 2 is 1.83 bits per heavy atom. The molecule has 0 bridgehead atoms. The molecule has 0 saturated carbocycles. The average molecular weight is 256 g/mol. The van der Waals surface area contributed by atoms with E-state index in [9.17, 15) is 0 Å². The van der Waals surface area contributed by atoms with E-state index in [-0.39, 0.29) is 0 Å². The van der Waals surface area contributed by atoms with E-state index in [1.807, 2.05) is 30.3 Å². The molecule has 0 amide bonds. The van der Waals surface area contributed by atoms with Crippen LogP contribution in [0.4, 0.5) is 5.69 Å². The number of aromatic nitrogens is 2. The van der Waals surface area contributed by atoms with Crippen molar-refractivity contribution in [3.8, 4) is 11.4 Å². The monoisotopic (exact) mass is 255 g/mol. The first-order valence-corrected chi connectivity index (χ1v) is 5.89. The van der Waals surface area contributed by atoms with Crippen molar-refractivity contribution in [1.82, 2.24) is 9.97 Å². The Bertz CT molecular complexity index is 711. The lowest BCUT2D eigenvalue weighted by Crippen LogP contribution is -1.93. The molecule has 0 unspecified atom stereocenters. The Labute approximate surface area is 109 Å². The third-order valence-corrected chi connectivity index (χ3v) is 3.09. The molecule has 0 atom stereocenters. The number of nitrogens with zero attached hydrogens (tertiary/aromatic N) is 2. The number of fused-ring (bicyclic) bond motifs is 1. The second kappa shape index (κ2) is 4.27. The minimum atomic E-state index is 0.618. The zero-order valence-electron chi connectivity index (χ0n) is 9.47. The summed E-state index contributed by atoms with van der Waals surface area (Å²) in [6, 6.07) is 13.1. The van der Waals surface area contributed by atoms with E-state index >= 15 is 0 Å². The van der Waals surface area contributed by atoms with Crippen LogP contribution in [0, 0.1) is 0 Å². The summed E-state index contributed by atoms with van der Waals surface area (Å²) in [6.07, 6.45) is 1.74. The lowest BCUT2D eigenvalue weighted by atomic mass is 10.1. The number of rotatable bonds is 1. The highest BCUT2D eigenvalue weighted by atomic mass is 35.5. The quantitative estimate of drug-likeness (QED) is 0.677. The van der Waals surface area contributed by atoms with Gasteiger partial charge in [-0.1, -0.05) is 17.7 Å². The molecule has 2 N–H and O–H groups in total. The Morgan fingerprint density at radius 3 is 2.61 bits per heavy atom. The van der Waals surface area contributed by atoms with E-state index in [1.165, 1.54) is 0 Å². The Balaban J connectivity index is 2.26. The summed E-state index contributed by atoms with van der Waals surface area (Å²) in [5, 5.41) is 1.51. The molecule has 0 fully saturated rings. The van der Waals surface area contributed by atoms with E-state index in [2.05, 4.69) is 9.97 Å². The topological polar surface area (TPSA) is 51.8 Å². The molecule has 2 heterocycles. The molecule has 3 aromatic rings. The van der Waals surface area contributed by atoms with Gasteiger partial charge >= 0.3 is 0 Å². The van der Waals surface area contributed by atoms with Gasteiger partial charge in [0.15, 0.2) is 0 Å². The van der Waals surface area contributed by atoms with Crippen LogP contribution in [0.1, 0.15) is 0 Å². The second-order valence-electron chi connectivity index (χ2n) is 3.94. The first-order chi connectivity index (χ1) is 8.75. The van der Waals surface area contributed by atoms with Crippen LogP contribution in [0.3, 0.4) is 0 Å². The minimum Gasteiger partial charge on any atom is -0.397 e. The van der Waals surface area contributed by atoms with Crippen LogP contribution in [0.15, 0.2) is 48.7 Å². The largest absolute Gasteiger partial charge is 0.397 e. The standard InChI is InChI=1S/C14H10ClN3/c15-10-5-6-11(16)14-9(10)4-7-13(18-14)12-3-1-2-8-17-12/h1-8H,16H2. The molecule has 4 heteroatoms. The second-order valence-corrected chi connectivity index (χ2v) is 4.35. The molecule has 0 aliphatic rings. The fourth-order valence-electron chi connectivity index (χ4n) is 1.86. The predicted molar refractivity (Wildman–Crippen MR) is 74.4 cm³/mol. The number of nitrogen functional groups attached to an aromatic ring is 1. The highest BCUT2D eigenvalue weighted by molar-refractivity contribution is 6.35. The number of hydrogen-bond acceptors (Lipinski definition) is 3. The van der Waals surface area contributed by atoms with E-state index in [1.54, 1.807) is 18.3 Å². The molecule has 2 aromatic heterocycles. The molecule has 88 valence electrons. The van der Waals surface area contributed by atoms with Gasteiger partial charge in [-0.3, -0.25) is 4.98 Å². The van der Waals surface area contributed by atoms with Gasteiger partial charge in [-0.2, -0.15) is 0 Å². The average Bonchev–Trinajstić information content (AvgIpc) is 2.44.